The molecule has 1 atom stereocenters. The quantitative estimate of drug-likeness (QED) is 0.583. The first kappa shape index (κ1) is 17.4. The Hall–Kier alpha value is -1.41. The maximum absolute atomic E-state index is 14.2. The van der Waals surface area contributed by atoms with E-state index in [0.29, 0.717) is 12.2 Å². The van der Waals surface area contributed by atoms with E-state index in [1.165, 1.54) is 13.0 Å². The van der Waals surface area contributed by atoms with Crippen molar-refractivity contribution >= 4 is 51.3 Å². The number of nitrogens with two attached hydrogens (primary N) is 1. The van der Waals surface area contributed by atoms with Crippen molar-refractivity contribution in [2.24, 2.45) is 5.73 Å². The summed E-state index contributed by atoms with van der Waals surface area (Å²) in [6.07, 6.45) is 0. The highest BCUT2D eigenvalue weighted by Crippen LogP contribution is 2.43. The van der Waals surface area contributed by atoms with Crippen LogP contribution in [0.5, 0.6) is 0 Å². The van der Waals surface area contributed by atoms with Gasteiger partial charge in [-0.3, -0.25) is 0 Å². The summed E-state index contributed by atoms with van der Waals surface area (Å²) < 4.78 is 33.8. The van der Waals surface area contributed by atoms with Gasteiger partial charge in [-0.25, -0.2) is 4.98 Å². The number of furan rings is 1. The molecule has 9 heteroatoms. The maximum atomic E-state index is 14.2. The molecule has 0 saturated heterocycles. The van der Waals surface area contributed by atoms with Crippen LogP contribution in [0.15, 0.2) is 28.0 Å². The number of anilines is 1. The van der Waals surface area contributed by atoms with Gasteiger partial charge in [-0.2, -0.15) is 8.78 Å². The fourth-order valence-corrected chi connectivity index (χ4v) is 3.29. The molecule has 0 aliphatic heterocycles. The van der Waals surface area contributed by atoms with E-state index in [2.05, 4.69) is 10.3 Å². The van der Waals surface area contributed by atoms with E-state index in [4.69, 9.17) is 33.4 Å². The number of pyridine rings is 1. The molecule has 0 bridgehead atoms. The SMILES string of the molecule is C[C@H](N)C(F)(F)c1oc2c(NCc3cccs3)cc(Cl)nc2c1Cl. The van der Waals surface area contributed by atoms with Crippen LogP contribution in [0.4, 0.5) is 14.5 Å². The minimum absolute atomic E-state index is 0.0770. The molecule has 3 aromatic heterocycles. The van der Waals surface area contributed by atoms with Crippen molar-refractivity contribution in [3.63, 3.8) is 0 Å². The average Bonchev–Trinajstić information content (AvgIpc) is 3.14. The number of hydrogen-bond donors (Lipinski definition) is 2. The average molecular weight is 392 g/mol. The molecular weight excluding hydrogens is 379 g/mol. The molecule has 128 valence electrons. The van der Waals surface area contributed by atoms with Crippen molar-refractivity contribution in [3.05, 3.63) is 44.4 Å². The second-order valence-corrected chi connectivity index (χ2v) is 7.06. The first-order valence-electron chi connectivity index (χ1n) is 6.99. The van der Waals surface area contributed by atoms with Crippen LogP contribution in [0.1, 0.15) is 17.6 Å². The summed E-state index contributed by atoms with van der Waals surface area (Å²) in [4.78, 5) is 5.07. The molecule has 0 radical (unpaired) electrons. The molecule has 4 nitrogen and oxygen atoms in total. The van der Waals surface area contributed by atoms with Crippen LogP contribution < -0.4 is 11.1 Å². The van der Waals surface area contributed by atoms with Crippen molar-refractivity contribution < 1.29 is 13.2 Å². The lowest BCUT2D eigenvalue weighted by Gasteiger charge is -2.17. The molecule has 3 N–H and O–H groups in total. The molecule has 0 amide bonds. The number of thiophene rings is 1. The summed E-state index contributed by atoms with van der Waals surface area (Å²) in [6, 6.07) is 3.91. The minimum Gasteiger partial charge on any atom is -0.449 e. The highest BCUT2D eigenvalue weighted by atomic mass is 35.5. The van der Waals surface area contributed by atoms with Crippen LogP contribution in [-0.4, -0.2) is 11.0 Å². The topological polar surface area (TPSA) is 64.1 Å². The van der Waals surface area contributed by atoms with Crippen molar-refractivity contribution in [2.45, 2.75) is 25.4 Å². The number of nitrogens with zero attached hydrogens (tertiary/aromatic N) is 1. The third kappa shape index (κ3) is 3.09. The lowest BCUT2D eigenvalue weighted by Crippen LogP contribution is -2.35. The van der Waals surface area contributed by atoms with E-state index >= 15 is 0 Å². The van der Waals surface area contributed by atoms with E-state index in [-0.39, 0.29) is 21.3 Å². The van der Waals surface area contributed by atoms with Gasteiger partial charge >= 0.3 is 5.92 Å². The molecular formula is C15H13Cl2F2N3OS. The largest absolute Gasteiger partial charge is 0.449 e. The molecule has 0 saturated carbocycles. The van der Waals surface area contributed by atoms with Crippen molar-refractivity contribution in [1.82, 2.24) is 4.98 Å². The maximum Gasteiger partial charge on any atom is 0.320 e. The second-order valence-electron chi connectivity index (χ2n) is 5.26. The van der Waals surface area contributed by atoms with Gasteiger partial charge in [-0.1, -0.05) is 29.3 Å². The van der Waals surface area contributed by atoms with Crippen LogP contribution >= 0.6 is 34.5 Å². The van der Waals surface area contributed by atoms with E-state index in [9.17, 15) is 8.78 Å². The van der Waals surface area contributed by atoms with Crippen LogP contribution in [0.3, 0.4) is 0 Å². The zero-order chi connectivity index (χ0) is 17.5. The standard InChI is InChI=1S/C15H13Cl2F2N3OS/c1-7(20)15(18,19)14-11(17)12-13(23-14)9(5-10(16)22-12)21-6-8-3-2-4-24-8/h2-5,7H,6,20H2,1H3,(H,21,22)/t7-/m0/s1. The lowest BCUT2D eigenvalue weighted by atomic mass is 10.1. The van der Waals surface area contributed by atoms with Gasteiger partial charge in [-0.15, -0.1) is 11.3 Å². The molecule has 0 aliphatic rings. The molecule has 3 heterocycles. The van der Waals surface area contributed by atoms with Gasteiger partial charge in [0.2, 0.25) is 0 Å². The summed E-state index contributed by atoms with van der Waals surface area (Å²) in [5.74, 6) is -4.13. The number of fused-ring (bicyclic) bond motifs is 1. The van der Waals surface area contributed by atoms with Crippen molar-refractivity contribution in [3.8, 4) is 0 Å². The van der Waals surface area contributed by atoms with E-state index in [1.807, 2.05) is 17.5 Å². The van der Waals surface area contributed by atoms with Crippen LogP contribution in [0, 0.1) is 0 Å². The van der Waals surface area contributed by atoms with Crippen LogP contribution in [0.25, 0.3) is 11.1 Å². The van der Waals surface area contributed by atoms with Gasteiger partial charge in [0, 0.05) is 17.5 Å². The van der Waals surface area contributed by atoms with E-state index in [1.54, 1.807) is 11.3 Å². The van der Waals surface area contributed by atoms with Gasteiger partial charge in [0.05, 0.1) is 11.7 Å². The Morgan fingerprint density at radius 1 is 1.46 bits per heavy atom. The van der Waals surface area contributed by atoms with Gasteiger partial charge in [0.15, 0.2) is 11.3 Å². The first-order valence-corrected chi connectivity index (χ1v) is 8.63. The number of hydrogen-bond acceptors (Lipinski definition) is 5. The predicted octanol–water partition coefficient (Wildman–Crippen LogP) is 5.25. The Morgan fingerprint density at radius 2 is 2.21 bits per heavy atom. The molecule has 0 aliphatic carbocycles. The summed E-state index contributed by atoms with van der Waals surface area (Å²) in [7, 11) is 0. The molecule has 0 spiro atoms. The van der Waals surface area contributed by atoms with Gasteiger partial charge < -0.3 is 15.5 Å². The molecule has 24 heavy (non-hydrogen) atoms. The summed E-state index contributed by atoms with van der Waals surface area (Å²) in [5.41, 5.74) is 5.99. The monoisotopic (exact) mass is 391 g/mol. The van der Waals surface area contributed by atoms with Gasteiger partial charge in [0.25, 0.3) is 0 Å². The Labute approximate surface area is 150 Å². The summed E-state index contributed by atoms with van der Waals surface area (Å²) in [5, 5.41) is 4.89. The number of aromatic nitrogens is 1. The molecule has 3 rings (SSSR count). The second kappa shape index (κ2) is 6.48. The number of alkyl halides is 2. The summed E-state index contributed by atoms with van der Waals surface area (Å²) >= 11 is 13.6. The number of nitrogens with one attached hydrogen (secondary N) is 1. The van der Waals surface area contributed by atoms with Crippen molar-refractivity contribution in [2.75, 3.05) is 5.32 Å². The number of rotatable bonds is 5. The highest BCUT2D eigenvalue weighted by molar-refractivity contribution is 7.09. The lowest BCUT2D eigenvalue weighted by molar-refractivity contribution is -0.0442. The zero-order valence-electron chi connectivity index (χ0n) is 12.4. The van der Waals surface area contributed by atoms with E-state index in [0.717, 1.165) is 4.88 Å². The van der Waals surface area contributed by atoms with E-state index < -0.39 is 17.7 Å². The van der Waals surface area contributed by atoms with Gasteiger partial charge in [-0.05, 0) is 18.4 Å². The Balaban J connectivity index is 2.07. The Bertz CT molecular complexity index is 865. The fourth-order valence-electron chi connectivity index (χ4n) is 2.16. The highest BCUT2D eigenvalue weighted by Gasteiger charge is 2.43. The number of halogens is 4. The zero-order valence-corrected chi connectivity index (χ0v) is 14.8. The Kier molecular flexibility index (Phi) is 4.70. The first-order chi connectivity index (χ1) is 11.3. The van der Waals surface area contributed by atoms with Crippen LogP contribution in [0.2, 0.25) is 10.2 Å². The molecule has 0 fully saturated rings. The van der Waals surface area contributed by atoms with Crippen molar-refractivity contribution in [1.29, 1.82) is 0 Å². The predicted molar refractivity (Wildman–Crippen MR) is 93.2 cm³/mol. The minimum atomic E-state index is -3.42. The fraction of sp³-hybridized carbons (Fsp3) is 0.267. The molecule has 0 unspecified atom stereocenters. The van der Waals surface area contributed by atoms with Gasteiger partial charge in [0.1, 0.15) is 15.7 Å². The third-order valence-corrected chi connectivity index (χ3v) is 4.88. The molecule has 3 aromatic rings. The third-order valence-electron chi connectivity index (χ3n) is 3.46. The van der Waals surface area contributed by atoms with Crippen LogP contribution in [-0.2, 0) is 12.5 Å². The Morgan fingerprint density at radius 3 is 2.83 bits per heavy atom. The smallest absolute Gasteiger partial charge is 0.320 e. The molecule has 0 aromatic carbocycles. The normalized spacial score (nSPS) is 13.4. The summed E-state index contributed by atoms with van der Waals surface area (Å²) in [6.45, 7) is 1.67.